The van der Waals surface area contributed by atoms with Crippen molar-refractivity contribution >= 4 is 18.0 Å². The Morgan fingerprint density at radius 2 is 1.89 bits per heavy atom. The topological polar surface area (TPSA) is 121 Å². The van der Waals surface area contributed by atoms with Crippen molar-refractivity contribution in [3.05, 3.63) is 66.2 Å². The third-order valence-electron chi connectivity index (χ3n) is 3.73. The molecule has 0 fully saturated rings. The summed E-state index contributed by atoms with van der Waals surface area (Å²) in [7, 11) is 1.53. The van der Waals surface area contributed by atoms with Crippen molar-refractivity contribution in [3.8, 4) is 17.6 Å². The van der Waals surface area contributed by atoms with Gasteiger partial charge in [-0.25, -0.2) is 4.68 Å². The summed E-state index contributed by atoms with van der Waals surface area (Å²) >= 11 is 0.565. The van der Waals surface area contributed by atoms with E-state index in [1.54, 1.807) is 41.6 Å². The number of hydrogen-bond donors (Lipinski definition) is 1. The van der Waals surface area contributed by atoms with Gasteiger partial charge in [0, 0.05) is 0 Å². The first kappa shape index (κ1) is 19.5. The number of aromatic nitrogens is 3. The third-order valence-corrected chi connectivity index (χ3v) is 4.11. The van der Waals surface area contributed by atoms with Crippen molar-refractivity contribution in [1.82, 2.24) is 14.9 Å². The molecule has 2 N–H and O–H groups in total. The normalized spacial score (nSPS) is 10.3. The molecule has 0 radical (unpaired) electrons. The van der Waals surface area contributed by atoms with E-state index in [9.17, 15) is 0 Å². The van der Waals surface area contributed by atoms with Gasteiger partial charge in [-0.1, -0.05) is 6.07 Å². The number of methoxy groups -OCH3 is 1. The van der Waals surface area contributed by atoms with E-state index in [0.29, 0.717) is 35.9 Å². The summed E-state index contributed by atoms with van der Waals surface area (Å²) in [6.45, 7) is 0.462. The molecule has 1 heterocycles. The molecular formula is C17H16N6O4S. The van der Waals surface area contributed by atoms with E-state index < -0.39 is 0 Å². The number of nitrogens with zero attached hydrogens (tertiary/aromatic N) is 5. The second kappa shape index (κ2) is 9.58. The Labute approximate surface area is 165 Å². The number of rotatable bonds is 9. The van der Waals surface area contributed by atoms with Crippen LogP contribution in [0.2, 0.25) is 0 Å². The van der Waals surface area contributed by atoms with Crippen molar-refractivity contribution in [3.63, 3.8) is 0 Å². The number of nitriles is 1. The van der Waals surface area contributed by atoms with E-state index >= 15 is 0 Å². The van der Waals surface area contributed by atoms with Crippen LogP contribution in [-0.2, 0) is 15.9 Å². The Hall–Kier alpha value is -3.30. The molecule has 0 saturated heterocycles. The minimum Gasteiger partial charge on any atom is -0.493 e. The third kappa shape index (κ3) is 4.70. The fourth-order valence-electron chi connectivity index (χ4n) is 2.46. The van der Waals surface area contributed by atoms with Gasteiger partial charge in [0.25, 0.3) is 12.3 Å². The highest BCUT2D eigenvalue weighted by molar-refractivity contribution is 7.90. The molecule has 0 aliphatic heterocycles. The van der Waals surface area contributed by atoms with Crippen LogP contribution < -0.4 is 19.8 Å². The molecule has 0 aliphatic rings. The fourth-order valence-corrected chi connectivity index (χ4v) is 2.72. The van der Waals surface area contributed by atoms with Crippen molar-refractivity contribution < 1.29 is 18.2 Å². The zero-order valence-electron chi connectivity index (χ0n) is 14.8. The molecule has 0 saturated carbocycles. The minimum atomic E-state index is 0.436. The van der Waals surface area contributed by atoms with Crippen LogP contribution in [0, 0.1) is 11.3 Å². The number of ether oxygens (including phenoxy) is 1. The minimum absolute atomic E-state index is 0.436. The van der Waals surface area contributed by atoms with Crippen LogP contribution in [0.1, 0.15) is 11.1 Å². The summed E-state index contributed by atoms with van der Waals surface area (Å²) in [4.78, 5) is 4.01. The molecule has 1 aromatic heterocycles. The van der Waals surface area contributed by atoms with Crippen LogP contribution in [0.25, 0.3) is 0 Å². The maximum absolute atomic E-state index is 9.01. The van der Waals surface area contributed by atoms with Crippen LogP contribution in [0.4, 0.5) is 5.69 Å². The number of nitrogens with two attached hydrogens (primary N) is 1. The van der Waals surface area contributed by atoms with Gasteiger partial charge in [0.1, 0.15) is 12.7 Å². The van der Waals surface area contributed by atoms with E-state index in [2.05, 4.69) is 25.6 Å². The van der Waals surface area contributed by atoms with E-state index in [4.69, 9.17) is 20.1 Å². The lowest BCUT2D eigenvalue weighted by Gasteiger charge is -2.25. The lowest BCUT2D eigenvalue weighted by molar-refractivity contribution is -0.199. The highest BCUT2D eigenvalue weighted by Gasteiger charge is 2.13. The molecule has 3 aromatic rings. The molecule has 28 heavy (non-hydrogen) atoms. The average molecular weight is 400 g/mol. The van der Waals surface area contributed by atoms with Crippen molar-refractivity contribution in [2.45, 2.75) is 6.54 Å². The summed E-state index contributed by atoms with van der Waals surface area (Å²) in [5, 5.41) is 18.7. The number of anilines is 1. The fraction of sp³-hybridized carbons (Fsp3) is 0.118. The molecule has 3 rings (SSSR count). The standard InChI is InChI=1S/C17H16N6O4S/c1-24-16-7-4-14(8-17(16)25-28-27-26-19)10-23(22-11-20-21-12-22)15-5-2-13(9-18)3-6-15/h2-8,11-12H,10,19H2,1H3. The Balaban J connectivity index is 1.88. The molecule has 10 nitrogen and oxygen atoms in total. The van der Waals surface area contributed by atoms with Gasteiger partial charge in [0.15, 0.2) is 11.5 Å². The number of benzene rings is 2. The summed E-state index contributed by atoms with van der Waals surface area (Å²) in [6.07, 6.45) is 3.17. The smallest absolute Gasteiger partial charge is 0.260 e. The second-order valence-corrected chi connectivity index (χ2v) is 5.80. The molecule has 0 atom stereocenters. The lowest BCUT2D eigenvalue weighted by Crippen LogP contribution is -2.27. The molecule has 11 heteroatoms. The summed E-state index contributed by atoms with van der Waals surface area (Å²) in [5.41, 5.74) is 2.33. The van der Waals surface area contributed by atoms with Crippen LogP contribution in [0.15, 0.2) is 55.1 Å². The van der Waals surface area contributed by atoms with Gasteiger partial charge in [0.05, 0.1) is 31.0 Å². The van der Waals surface area contributed by atoms with E-state index in [1.807, 2.05) is 23.2 Å². The SMILES string of the molecule is COc1ccc(CN(c2ccc(C#N)cc2)n2cnnc2)cc1OSOON. The summed E-state index contributed by atoms with van der Waals surface area (Å²) < 4.78 is 16.9. The quantitative estimate of drug-likeness (QED) is 0.248. The monoisotopic (exact) mass is 400 g/mol. The van der Waals surface area contributed by atoms with Gasteiger partial charge in [0.2, 0.25) is 0 Å². The molecule has 0 spiro atoms. The van der Waals surface area contributed by atoms with Crippen molar-refractivity contribution in [2.24, 2.45) is 5.90 Å². The molecule has 0 aliphatic carbocycles. The van der Waals surface area contributed by atoms with E-state index in [-0.39, 0.29) is 0 Å². The Morgan fingerprint density at radius 1 is 1.14 bits per heavy atom. The summed E-state index contributed by atoms with van der Waals surface area (Å²) in [5.74, 6) is 5.76. The molecule has 144 valence electrons. The predicted octanol–water partition coefficient (Wildman–Crippen LogP) is 2.39. The van der Waals surface area contributed by atoms with Crippen molar-refractivity contribution in [1.29, 1.82) is 5.26 Å². The van der Waals surface area contributed by atoms with Gasteiger partial charge < -0.3 is 8.92 Å². The van der Waals surface area contributed by atoms with Gasteiger partial charge >= 0.3 is 0 Å². The van der Waals surface area contributed by atoms with Crippen LogP contribution in [0.3, 0.4) is 0 Å². The van der Waals surface area contributed by atoms with Gasteiger partial charge in [-0.3, -0.25) is 5.01 Å². The summed E-state index contributed by atoms with van der Waals surface area (Å²) in [6, 6.07) is 14.8. The molecular weight excluding hydrogens is 384 g/mol. The van der Waals surface area contributed by atoms with E-state index in [1.165, 1.54) is 7.11 Å². The zero-order valence-corrected chi connectivity index (χ0v) is 15.6. The second-order valence-electron chi connectivity index (χ2n) is 5.36. The Bertz CT molecular complexity index is 930. The average Bonchev–Trinajstić information content (AvgIpc) is 3.27. The van der Waals surface area contributed by atoms with Crippen molar-refractivity contribution in [2.75, 3.05) is 12.1 Å². The number of hydrogen-bond acceptors (Lipinski definition) is 10. The zero-order chi connectivity index (χ0) is 19.8. The van der Waals surface area contributed by atoms with E-state index in [0.717, 1.165) is 11.3 Å². The van der Waals surface area contributed by atoms with Crippen LogP contribution in [-0.4, -0.2) is 22.0 Å². The molecule has 0 bridgehead atoms. The Kier molecular flexibility index (Phi) is 6.66. The van der Waals surface area contributed by atoms with Gasteiger partial charge in [-0.05, 0) is 42.0 Å². The van der Waals surface area contributed by atoms with Gasteiger partial charge in [-0.2, -0.15) is 11.2 Å². The first-order valence-corrected chi connectivity index (χ1v) is 8.58. The first-order valence-electron chi connectivity index (χ1n) is 7.91. The lowest BCUT2D eigenvalue weighted by atomic mass is 10.1. The van der Waals surface area contributed by atoms with Crippen LogP contribution in [0.5, 0.6) is 11.5 Å². The maximum Gasteiger partial charge on any atom is 0.260 e. The first-order chi connectivity index (χ1) is 13.7. The Morgan fingerprint density at radius 3 is 2.54 bits per heavy atom. The highest BCUT2D eigenvalue weighted by atomic mass is 32.2. The largest absolute Gasteiger partial charge is 0.493 e. The molecule has 0 unspecified atom stereocenters. The predicted molar refractivity (Wildman–Crippen MR) is 100 cm³/mol. The molecule has 2 aromatic carbocycles. The van der Waals surface area contributed by atoms with Crippen LogP contribution >= 0.6 is 12.3 Å². The maximum atomic E-state index is 9.01. The molecule has 0 amide bonds. The highest BCUT2D eigenvalue weighted by Crippen LogP contribution is 2.32. The van der Waals surface area contributed by atoms with Gasteiger partial charge in [-0.15, -0.1) is 19.5 Å².